The molecule has 1 aromatic heterocycles. The molecule has 144 valence electrons. The van der Waals surface area contributed by atoms with Crippen LogP contribution in [0.15, 0.2) is 35.2 Å². The minimum absolute atomic E-state index is 0.0756. The fraction of sp³-hybridized carbons (Fsp3) is 0.267. The number of rotatable bonds is 4. The van der Waals surface area contributed by atoms with E-state index in [1.165, 1.54) is 33.5 Å². The molecule has 3 rings (SSSR count). The van der Waals surface area contributed by atoms with Crippen molar-refractivity contribution < 1.29 is 18.1 Å². The van der Waals surface area contributed by atoms with Crippen LogP contribution in [0.3, 0.4) is 0 Å². The Morgan fingerprint density at radius 2 is 1.81 bits per heavy atom. The Labute approximate surface area is 169 Å². The first-order valence-electron chi connectivity index (χ1n) is 7.69. The third-order valence-corrected chi connectivity index (χ3v) is 7.46. The van der Waals surface area contributed by atoms with E-state index in [4.69, 9.17) is 23.2 Å². The third kappa shape index (κ3) is 4.09. The molecule has 0 saturated carbocycles. The molecular formula is C15H13Cl2N3O5S2. The van der Waals surface area contributed by atoms with Crippen LogP contribution in [0.4, 0.5) is 5.69 Å². The van der Waals surface area contributed by atoms with Crippen molar-refractivity contribution >= 4 is 56.2 Å². The van der Waals surface area contributed by atoms with E-state index in [9.17, 15) is 23.3 Å². The SMILES string of the molecule is O=C(c1cc(Cl)sc1Cl)N1CCN(S(=O)(=O)c2cccc([N+](=O)[O-])c2)CC1. The number of halogens is 2. The number of sulfonamides is 1. The van der Waals surface area contributed by atoms with E-state index in [-0.39, 0.29) is 47.0 Å². The highest BCUT2D eigenvalue weighted by atomic mass is 35.5. The number of hydrogen-bond acceptors (Lipinski definition) is 6. The summed E-state index contributed by atoms with van der Waals surface area (Å²) in [7, 11) is -3.89. The summed E-state index contributed by atoms with van der Waals surface area (Å²) in [4.78, 5) is 24.1. The fourth-order valence-electron chi connectivity index (χ4n) is 2.69. The number of nitro benzene ring substituents is 1. The molecule has 0 aliphatic carbocycles. The van der Waals surface area contributed by atoms with Gasteiger partial charge in [-0.3, -0.25) is 14.9 Å². The summed E-state index contributed by atoms with van der Waals surface area (Å²) in [6.07, 6.45) is 0. The molecule has 1 saturated heterocycles. The van der Waals surface area contributed by atoms with Crippen molar-refractivity contribution in [2.75, 3.05) is 26.2 Å². The summed E-state index contributed by atoms with van der Waals surface area (Å²) in [5.41, 5.74) is -0.00414. The van der Waals surface area contributed by atoms with Crippen molar-refractivity contribution in [3.63, 3.8) is 0 Å². The Hall–Kier alpha value is -1.72. The summed E-state index contributed by atoms with van der Waals surface area (Å²) >= 11 is 13.0. The maximum atomic E-state index is 12.7. The van der Waals surface area contributed by atoms with Crippen LogP contribution in [0.2, 0.25) is 8.67 Å². The lowest BCUT2D eigenvalue weighted by Crippen LogP contribution is -2.50. The molecule has 0 radical (unpaired) electrons. The van der Waals surface area contributed by atoms with Crippen LogP contribution in [0.25, 0.3) is 0 Å². The molecule has 1 aliphatic rings. The number of nitro groups is 1. The van der Waals surface area contributed by atoms with Crippen molar-refractivity contribution in [2.45, 2.75) is 4.90 Å². The van der Waals surface area contributed by atoms with E-state index in [1.54, 1.807) is 0 Å². The van der Waals surface area contributed by atoms with Crippen LogP contribution in [-0.2, 0) is 10.0 Å². The van der Waals surface area contributed by atoms with Gasteiger partial charge >= 0.3 is 0 Å². The molecule has 0 unspecified atom stereocenters. The second-order valence-corrected chi connectivity index (χ2v) is 9.91. The molecule has 1 aromatic carbocycles. The monoisotopic (exact) mass is 449 g/mol. The third-order valence-electron chi connectivity index (χ3n) is 4.08. The predicted molar refractivity (Wildman–Crippen MR) is 102 cm³/mol. The first-order valence-corrected chi connectivity index (χ1v) is 10.7. The number of amides is 1. The molecule has 1 fully saturated rings. The lowest BCUT2D eigenvalue weighted by Gasteiger charge is -2.33. The lowest BCUT2D eigenvalue weighted by atomic mass is 10.2. The number of carbonyl (C=O) groups excluding carboxylic acids is 1. The summed E-state index contributed by atoms with van der Waals surface area (Å²) in [5.74, 6) is -0.310. The van der Waals surface area contributed by atoms with Crippen molar-refractivity contribution in [1.82, 2.24) is 9.21 Å². The van der Waals surface area contributed by atoms with E-state index in [1.807, 2.05) is 0 Å². The molecule has 0 atom stereocenters. The smallest absolute Gasteiger partial charge is 0.270 e. The molecule has 2 aromatic rings. The molecule has 0 bridgehead atoms. The molecule has 0 N–H and O–H groups in total. The first kappa shape index (κ1) is 20.0. The highest BCUT2D eigenvalue weighted by molar-refractivity contribution is 7.89. The Bertz CT molecular complexity index is 1000. The molecule has 27 heavy (non-hydrogen) atoms. The van der Waals surface area contributed by atoms with E-state index >= 15 is 0 Å². The van der Waals surface area contributed by atoms with Gasteiger partial charge < -0.3 is 4.90 Å². The predicted octanol–water partition coefficient (Wildman–Crippen LogP) is 3.11. The molecule has 12 heteroatoms. The van der Waals surface area contributed by atoms with Gasteiger partial charge in [0, 0.05) is 38.3 Å². The number of thiophene rings is 1. The fourth-order valence-corrected chi connectivity index (χ4v) is 5.60. The van der Waals surface area contributed by atoms with Crippen LogP contribution in [0.5, 0.6) is 0 Å². The average Bonchev–Trinajstić information content (AvgIpc) is 2.99. The van der Waals surface area contributed by atoms with Gasteiger partial charge in [0.2, 0.25) is 10.0 Å². The van der Waals surface area contributed by atoms with Crippen LogP contribution < -0.4 is 0 Å². The van der Waals surface area contributed by atoms with E-state index in [0.29, 0.717) is 9.90 Å². The van der Waals surface area contributed by atoms with Gasteiger partial charge in [0.1, 0.15) is 4.34 Å². The molecule has 1 aliphatic heterocycles. The van der Waals surface area contributed by atoms with Gasteiger partial charge in [-0.1, -0.05) is 29.3 Å². The van der Waals surface area contributed by atoms with Crippen LogP contribution in [-0.4, -0.2) is 54.6 Å². The zero-order valence-electron chi connectivity index (χ0n) is 13.7. The molecular weight excluding hydrogens is 437 g/mol. The summed E-state index contributed by atoms with van der Waals surface area (Å²) in [5, 5.41) is 10.9. The van der Waals surface area contributed by atoms with E-state index in [2.05, 4.69) is 0 Å². The maximum Gasteiger partial charge on any atom is 0.270 e. The summed E-state index contributed by atoms with van der Waals surface area (Å²) < 4.78 is 27.4. The summed E-state index contributed by atoms with van der Waals surface area (Å²) in [6, 6.07) is 6.38. The lowest BCUT2D eigenvalue weighted by molar-refractivity contribution is -0.385. The van der Waals surface area contributed by atoms with E-state index in [0.717, 1.165) is 17.4 Å². The number of nitrogens with zero attached hydrogens (tertiary/aromatic N) is 3. The molecule has 1 amide bonds. The Morgan fingerprint density at radius 1 is 1.15 bits per heavy atom. The largest absolute Gasteiger partial charge is 0.336 e. The van der Waals surface area contributed by atoms with Gasteiger partial charge in [-0.25, -0.2) is 8.42 Å². The second kappa shape index (κ2) is 7.72. The Balaban J connectivity index is 1.73. The van der Waals surface area contributed by atoms with Crippen LogP contribution in [0.1, 0.15) is 10.4 Å². The zero-order chi connectivity index (χ0) is 19.8. The quantitative estimate of drug-likeness (QED) is 0.526. The summed E-state index contributed by atoms with van der Waals surface area (Å²) in [6.45, 7) is 0.506. The first-order chi connectivity index (χ1) is 12.7. The van der Waals surface area contributed by atoms with Gasteiger partial charge in [0.05, 0.1) is 19.7 Å². The molecule has 8 nitrogen and oxygen atoms in total. The average molecular weight is 450 g/mol. The van der Waals surface area contributed by atoms with Gasteiger partial charge in [0.25, 0.3) is 11.6 Å². The van der Waals surface area contributed by atoms with Gasteiger partial charge in [-0.2, -0.15) is 4.31 Å². The Kier molecular flexibility index (Phi) is 5.73. The van der Waals surface area contributed by atoms with Crippen molar-refractivity contribution in [1.29, 1.82) is 0 Å². The van der Waals surface area contributed by atoms with Gasteiger partial charge in [-0.05, 0) is 12.1 Å². The maximum absolute atomic E-state index is 12.7. The van der Waals surface area contributed by atoms with Crippen molar-refractivity contribution in [3.05, 3.63) is 54.7 Å². The Morgan fingerprint density at radius 3 is 2.37 bits per heavy atom. The highest BCUT2D eigenvalue weighted by Gasteiger charge is 2.32. The minimum Gasteiger partial charge on any atom is -0.336 e. The van der Waals surface area contributed by atoms with Crippen molar-refractivity contribution in [2.24, 2.45) is 0 Å². The number of non-ortho nitro benzene ring substituents is 1. The number of carbonyl (C=O) groups is 1. The normalized spacial score (nSPS) is 15.7. The van der Waals surface area contributed by atoms with Gasteiger partial charge in [-0.15, -0.1) is 11.3 Å². The van der Waals surface area contributed by atoms with Crippen LogP contribution >= 0.6 is 34.5 Å². The molecule has 2 heterocycles. The zero-order valence-corrected chi connectivity index (χ0v) is 16.8. The number of piperazine rings is 1. The topological polar surface area (TPSA) is 101 Å². The number of benzene rings is 1. The van der Waals surface area contributed by atoms with Crippen LogP contribution in [0, 0.1) is 10.1 Å². The van der Waals surface area contributed by atoms with Crippen molar-refractivity contribution in [3.8, 4) is 0 Å². The molecule has 0 spiro atoms. The second-order valence-electron chi connectivity index (χ2n) is 5.69. The number of hydrogen-bond donors (Lipinski definition) is 0. The van der Waals surface area contributed by atoms with E-state index < -0.39 is 14.9 Å². The minimum atomic E-state index is -3.89. The van der Waals surface area contributed by atoms with Gasteiger partial charge in [0.15, 0.2) is 0 Å². The highest BCUT2D eigenvalue weighted by Crippen LogP contribution is 2.32. The standard InChI is InChI=1S/C15H13Cl2N3O5S2/c16-13-9-12(14(17)26-13)15(21)18-4-6-19(7-5-18)27(24,25)11-3-1-2-10(8-11)20(22)23/h1-3,8-9H,4-7H2.